The molecular weight excluding hydrogens is 363 g/mol. The number of furan rings is 1. The highest BCUT2D eigenvalue weighted by molar-refractivity contribution is 7.98. The van der Waals surface area contributed by atoms with E-state index in [1.165, 1.54) is 7.11 Å². The highest BCUT2D eigenvalue weighted by atomic mass is 32.2. The number of methoxy groups -OCH3 is 1. The molecule has 0 saturated carbocycles. The van der Waals surface area contributed by atoms with E-state index in [1.807, 2.05) is 46.8 Å². The monoisotopic (exact) mass is 388 g/mol. The number of rotatable bonds is 5. The van der Waals surface area contributed by atoms with Crippen molar-refractivity contribution >= 4 is 30.3 Å². The summed E-state index contributed by atoms with van der Waals surface area (Å²) in [4.78, 5) is 12.7. The van der Waals surface area contributed by atoms with Crippen molar-refractivity contribution in [1.82, 2.24) is 0 Å². The fourth-order valence-corrected chi connectivity index (χ4v) is 3.66. The Hall–Kier alpha value is -1.70. The van der Waals surface area contributed by atoms with E-state index in [9.17, 15) is 4.79 Å². The summed E-state index contributed by atoms with van der Waals surface area (Å²) in [5.41, 5.74) is 1.29. The molecule has 0 atom stereocenters. The molecular formula is C20H25BO5S. The van der Waals surface area contributed by atoms with Gasteiger partial charge in [-0.3, -0.25) is 0 Å². The largest absolute Gasteiger partial charge is 0.494 e. The lowest BCUT2D eigenvalue weighted by Gasteiger charge is -2.32. The molecule has 144 valence electrons. The van der Waals surface area contributed by atoms with Crippen LogP contribution in [0.15, 0.2) is 39.6 Å². The molecule has 7 heteroatoms. The van der Waals surface area contributed by atoms with Crippen LogP contribution in [0, 0.1) is 6.92 Å². The predicted octanol–water partition coefficient (Wildman–Crippen LogP) is 3.97. The minimum Gasteiger partial charge on any atom is -0.463 e. The van der Waals surface area contributed by atoms with Crippen molar-refractivity contribution in [2.75, 3.05) is 7.11 Å². The molecule has 0 N–H and O–H groups in total. The Balaban J connectivity index is 1.64. The van der Waals surface area contributed by atoms with E-state index in [-0.39, 0.29) is 24.1 Å². The number of thioether (sulfide) groups is 1. The maximum atomic E-state index is 11.6. The van der Waals surface area contributed by atoms with Gasteiger partial charge in [-0.2, -0.15) is 0 Å². The van der Waals surface area contributed by atoms with Crippen LogP contribution in [0.3, 0.4) is 0 Å². The Labute approximate surface area is 164 Å². The zero-order valence-corrected chi connectivity index (χ0v) is 17.4. The lowest BCUT2D eigenvalue weighted by molar-refractivity contribution is 0.00578. The average molecular weight is 388 g/mol. The zero-order valence-electron chi connectivity index (χ0n) is 16.6. The molecule has 1 aliphatic rings. The van der Waals surface area contributed by atoms with E-state index in [4.69, 9.17) is 18.5 Å². The lowest BCUT2D eigenvalue weighted by atomic mass is 9.79. The van der Waals surface area contributed by atoms with Gasteiger partial charge in [0.1, 0.15) is 5.76 Å². The molecule has 27 heavy (non-hydrogen) atoms. The van der Waals surface area contributed by atoms with Gasteiger partial charge in [-0.1, -0.05) is 12.1 Å². The van der Waals surface area contributed by atoms with E-state index in [1.54, 1.807) is 17.8 Å². The Morgan fingerprint density at radius 1 is 1.11 bits per heavy atom. The van der Waals surface area contributed by atoms with Crippen LogP contribution in [0.25, 0.3) is 0 Å². The molecule has 1 aliphatic heterocycles. The molecule has 1 aromatic carbocycles. The number of carbonyl (C=O) groups excluding carboxylic acids is 1. The molecule has 2 heterocycles. The second-order valence-corrected chi connectivity index (χ2v) is 8.68. The Bertz CT molecular complexity index is 809. The first-order valence-electron chi connectivity index (χ1n) is 8.89. The zero-order chi connectivity index (χ0) is 19.8. The van der Waals surface area contributed by atoms with Crippen molar-refractivity contribution in [3.63, 3.8) is 0 Å². The quantitative estimate of drug-likeness (QED) is 0.439. The molecule has 0 radical (unpaired) electrons. The van der Waals surface area contributed by atoms with E-state index in [0.717, 1.165) is 21.7 Å². The fourth-order valence-electron chi connectivity index (χ4n) is 2.73. The second-order valence-electron chi connectivity index (χ2n) is 7.63. The molecule has 0 amide bonds. The van der Waals surface area contributed by atoms with Gasteiger partial charge in [0.2, 0.25) is 5.76 Å². The van der Waals surface area contributed by atoms with Crippen molar-refractivity contribution in [2.45, 2.75) is 56.5 Å². The summed E-state index contributed by atoms with van der Waals surface area (Å²) >= 11 is 1.68. The van der Waals surface area contributed by atoms with Gasteiger partial charge in [-0.15, -0.1) is 11.8 Å². The van der Waals surface area contributed by atoms with Crippen LogP contribution in [-0.4, -0.2) is 31.4 Å². The Morgan fingerprint density at radius 3 is 2.26 bits per heavy atom. The van der Waals surface area contributed by atoms with Gasteiger partial charge >= 0.3 is 13.1 Å². The SMILES string of the molecule is COC(=O)c1cc(CSc2ccc(B3OC(C)(C)C(C)(C)O3)cc2)c(C)o1. The predicted molar refractivity (Wildman–Crippen MR) is 107 cm³/mol. The second kappa shape index (κ2) is 7.38. The van der Waals surface area contributed by atoms with Crippen molar-refractivity contribution < 1.29 is 23.3 Å². The number of benzene rings is 1. The molecule has 3 rings (SSSR count). The molecule has 2 aromatic rings. The standard InChI is InChI=1S/C20H25BO5S/c1-13-14(11-17(24-13)18(22)23-6)12-27-16-9-7-15(8-10-16)21-25-19(2,3)20(4,5)26-21/h7-11H,12H2,1-6H3. The van der Waals surface area contributed by atoms with E-state index in [2.05, 4.69) is 12.1 Å². The topological polar surface area (TPSA) is 57.9 Å². The van der Waals surface area contributed by atoms with Crippen LogP contribution >= 0.6 is 11.8 Å². The summed E-state index contributed by atoms with van der Waals surface area (Å²) in [6, 6.07) is 9.93. The van der Waals surface area contributed by atoms with Crippen LogP contribution in [-0.2, 0) is 19.8 Å². The van der Waals surface area contributed by atoms with Crippen molar-refractivity contribution in [1.29, 1.82) is 0 Å². The summed E-state index contributed by atoms with van der Waals surface area (Å²) in [7, 11) is 0.990. The van der Waals surface area contributed by atoms with Gasteiger partial charge in [0.05, 0.1) is 18.3 Å². The third-order valence-corrected chi connectivity index (χ3v) is 6.27. The van der Waals surface area contributed by atoms with Crippen molar-refractivity contribution in [3.8, 4) is 0 Å². The summed E-state index contributed by atoms with van der Waals surface area (Å²) in [6.45, 7) is 10.0. The molecule has 0 unspecified atom stereocenters. The van der Waals surface area contributed by atoms with Crippen LogP contribution < -0.4 is 5.46 Å². The van der Waals surface area contributed by atoms with E-state index >= 15 is 0 Å². The van der Waals surface area contributed by atoms with Gasteiger partial charge in [-0.05, 0) is 58.3 Å². The Morgan fingerprint density at radius 2 is 1.70 bits per heavy atom. The van der Waals surface area contributed by atoms with Crippen LogP contribution in [0.5, 0.6) is 0 Å². The molecule has 1 saturated heterocycles. The van der Waals surface area contributed by atoms with Crippen molar-refractivity contribution in [3.05, 3.63) is 47.4 Å². The minimum atomic E-state index is -0.457. The highest BCUT2D eigenvalue weighted by Gasteiger charge is 2.51. The maximum absolute atomic E-state index is 11.6. The van der Waals surface area contributed by atoms with Gasteiger partial charge < -0.3 is 18.5 Å². The van der Waals surface area contributed by atoms with Gasteiger partial charge in [0.15, 0.2) is 0 Å². The maximum Gasteiger partial charge on any atom is 0.494 e. The van der Waals surface area contributed by atoms with Crippen LogP contribution in [0.2, 0.25) is 0 Å². The molecule has 1 aromatic heterocycles. The average Bonchev–Trinajstić information content (AvgIpc) is 3.09. The minimum absolute atomic E-state index is 0.238. The van der Waals surface area contributed by atoms with Gasteiger partial charge in [0, 0.05) is 16.2 Å². The van der Waals surface area contributed by atoms with E-state index in [0.29, 0.717) is 5.75 Å². The highest BCUT2D eigenvalue weighted by Crippen LogP contribution is 2.36. The van der Waals surface area contributed by atoms with Crippen LogP contribution in [0.1, 0.15) is 49.6 Å². The number of carbonyl (C=O) groups is 1. The lowest BCUT2D eigenvalue weighted by Crippen LogP contribution is -2.41. The smallest absolute Gasteiger partial charge is 0.463 e. The first-order chi connectivity index (χ1) is 12.6. The van der Waals surface area contributed by atoms with Crippen molar-refractivity contribution in [2.24, 2.45) is 0 Å². The normalized spacial score (nSPS) is 17.9. The number of hydrogen-bond acceptors (Lipinski definition) is 6. The molecule has 1 fully saturated rings. The van der Waals surface area contributed by atoms with Crippen LogP contribution in [0.4, 0.5) is 0 Å². The summed E-state index contributed by atoms with van der Waals surface area (Å²) in [5.74, 6) is 1.22. The van der Waals surface area contributed by atoms with E-state index < -0.39 is 5.97 Å². The Kier molecular flexibility index (Phi) is 5.48. The molecule has 5 nitrogen and oxygen atoms in total. The molecule has 0 spiro atoms. The number of esters is 1. The summed E-state index contributed by atoms with van der Waals surface area (Å²) in [5, 5.41) is 0. The summed E-state index contributed by atoms with van der Waals surface area (Å²) < 4.78 is 22.3. The number of aryl methyl sites for hydroxylation is 1. The first kappa shape index (κ1) is 20.0. The number of ether oxygens (including phenoxy) is 1. The molecule has 0 aliphatic carbocycles. The third kappa shape index (κ3) is 4.10. The first-order valence-corrected chi connectivity index (χ1v) is 9.87. The van der Waals surface area contributed by atoms with Gasteiger partial charge in [0.25, 0.3) is 0 Å². The number of hydrogen-bond donors (Lipinski definition) is 0. The summed E-state index contributed by atoms with van der Waals surface area (Å²) in [6.07, 6.45) is 0. The third-order valence-electron chi connectivity index (χ3n) is 5.21. The fraction of sp³-hybridized carbons (Fsp3) is 0.450. The van der Waals surface area contributed by atoms with Gasteiger partial charge in [-0.25, -0.2) is 4.79 Å². The molecule has 0 bridgehead atoms.